The van der Waals surface area contributed by atoms with Crippen molar-refractivity contribution in [2.75, 3.05) is 0 Å². The summed E-state index contributed by atoms with van der Waals surface area (Å²) in [7, 11) is 0. The number of benzene rings is 6. The Morgan fingerprint density at radius 1 is 0.500 bits per heavy atom. The lowest BCUT2D eigenvalue weighted by Gasteiger charge is -2.20. The maximum absolute atomic E-state index is 6.84. The van der Waals surface area contributed by atoms with Crippen molar-refractivity contribution in [2.45, 2.75) is 0 Å². The largest absolute Gasteiger partial charge is 0.456 e. The number of hydrogen-bond donors (Lipinski definition) is 0. The minimum Gasteiger partial charge on any atom is -0.456 e. The molecule has 0 aliphatic carbocycles. The standard InChI is InChI=1S/C43H23N3O2S2/c1-5-15-30-24(10-1)22-33(47-30)41-40(29-20-21-44-46-45-29)43-39(27-13-4-8-19-35(27)50-43)38(42(41)36-23-25-11-2-7-18-34(25)49-36)28-14-9-17-32-37(28)26-12-3-6-16-31(26)48-32/h1-23H. The number of hydrogen-bond acceptors (Lipinski definition) is 7. The number of rotatable bonds is 4. The molecule has 0 bridgehead atoms. The van der Waals surface area contributed by atoms with Crippen LogP contribution in [0.2, 0.25) is 0 Å². The minimum absolute atomic E-state index is 0.743. The molecule has 0 fully saturated rings. The molecule has 0 spiro atoms. The van der Waals surface area contributed by atoms with E-state index in [-0.39, 0.29) is 0 Å². The lowest BCUT2D eigenvalue weighted by Crippen LogP contribution is -1.97. The van der Waals surface area contributed by atoms with Crippen molar-refractivity contribution < 1.29 is 8.83 Å². The average molecular weight is 678 g/mol. The second kappa shape index (κ2) is 10.7. The van der Waals surface area contributed by atoms with Crippen molar-refractivity contribution in [1.29, 1.82) is 0 Å². The molecule has 0 aliphatic rings. The highest BCUT2D eigenvalue weighted by Crippen LogP contribution is 2.57. The Balaban J connectivity index is 1.44. The molecule has 5 heterocycles. The van der Waals surface area contributed by atoms with E-state index in [4.69, 9.17) is 8.83 Å². The Kier molecular flexibility index (Phi) is 5.93. The first kappa shape index (κ1) is 27.8. The maximum atomic E-state index is 6.84. The van der Waals surface area contributed by atoms with Crippen LogP contribution in [0.3, 0.4) is 0 Å². The first-order valence-electron chi connectivity index (χ1n) is 16.3. The highest BCUT2D eigenvalue weighted by atomic mass is 32.1. The van der Waals surface area contributed by atoms with Gasteiger partial charge in [0, 0.05) is 68.2 Å². The quantitative estimate of drug-likeness (QED) is 0.185. The third kappa shape index (κ3) is 4.02. The van der Waals surface area contributed by atoms with Crippen molar-refractivity contribution in [3.05, 3.63) is 140 Å². The Labute approximate surface area is 292 Å². The van der Waals surface area contributed by atoms with Gasteiger partial charge in [0.1, 0.15) is 22.5 Å². The van der Waals surface area contributed by atoms with Gasteiger partial charge >= 0.3 is 0 Å². The van der Waals surface area contributed by atoms with Crippen LogP contribution in [0.15, 0.2) is 148 Å². The maximum Gasteiger partial charge on any atom is 0.136 e. The van der Waals surface area contributed by atoms with Gasteiger partial charge in [-0.1, -0.05) is 84.9 Å². The highest BCUT2D eigenvalue weighted by molar-refractivity contribution is 7.26. The van der Waals surface area contributed by atoms with Crippen molar-refractivity contribution in [3.8, 4) is 44.1 Å². The molecule has 234 valence electrons. The van der Waals surface area contributed by atoms with E-state index >= 15 is 0 Å². The zero-order chi connectivity index (χ0) is 32.8. The minimum atomic E-state index is 0.743. The molecular formula is C43H23N3O2S2. The number of thiophene rings is 2. The van der Waals surface area contributed by atoms with Crippen LogP contribution < -0.4 is 0 Å². The van der Waals surface area contributed by atoms with E-state index < -0.39 is 0 Å². The van der Waals surface area contributed by atoms with E-state index in [9.17, 15) is 0 Å². The topological polar surface area (TPSA) is 65.0 Å². The lowest BCUT2D eigenvalue weighted by molar-refractivity contribution is 0.632. The number of nitrogens with zero attached hydrogens (tertiary/aromatic N) is 3. The monoisotopic (exact) mass is 677 g/mol. The van der Waals surface area contributed by atoms with Gasteiger partial charge < -0.3 is 8.83 Å². The van der Waals surface area contributed by atoms with Crippen LogP contribution in [0.25, 0.3) is 107 Å². The van der Waals surface area contributed by atoms with Crippen LogP contribution in [0.4, 0.5) is 0 Å². The van der Waals surface area contributed by atoms with Gasteiger partial charge in [0.2, 0.25) is 0 Å². The van der Waals surface area contributed by atoms with Gasteiger partial charge in [-0.15, -0.1) is 32.9 Å². The van der Waals surface area contributed by atoms with Crippen LogP contribution in [-0.2, 0) is 0 Å². The predicted molar refractivity (Wildman–Crippen MR) is 207 cm³/mol. The molecule has 0 N–H and O–H groups in total. The summed E-state index contributed by atoms with van der Waals surface area (Å²) in [5, 5.41) is 19.7. The predicted octanol–water partition coefficient (Wildman–Crippen LogP) is 12.8. The van der Waals surface area contributed by atoms with E-state index in [0.29, 0.717) is 0 Å². The molecular weight excluding hydrogens is 655 g/mol. The molecule has 50 heavy (non-hydrogen) atoms. The fourth-order valence-corrected chi connectivity index (χ4v) is 9.92. The summed E-state index contributed by atoms with van der Waals surface area (Å²) in [5.74, 6) is 0.775. The fourth-order valence-electron chi connectivity index (χ4n) is 7.53. The Hall–Kier alpha value is -6.15. The van der Waals surface area contributed by atoms with Gasteiger partial charge in [0.15, 0.2) is 0 Å². The van der Waals surface area contributed by atoms with Crippen LogP contribution in [0.5, 0.6) is 0 Å². The molecule has 11 aromatic rings. The first-order valence-corrected chi connectivity index (χ1v) is 18.0. The molecule has 6 aromatic carbocycles. The Morgan fingerprint density at radius 2 is 1.26 bits per heavy atom. The van der Waals surface area contributed by atoms with Crippen LogP contribution in [-0.4, -0.2) is 15.4 Å². The summed E-state index contributed by atoms with van der Waals surface area (Å²) >= 11 is 3.57. The lowest BCUT2D eigenvalue weighted by atomic mass is 9.84. The zero-order valence-corrected chi connectivity index (χ0v) is 27.9. The molecule has 11 rings (SSSR count). The number of fused-ring (bicyclic) bond motifs is 8. The molecule has 0 saturated carbocycles. The van der Waals surface area contributed by atoms with Gasteiger partial charge in [-0.3, -0.25) is 0 Å². The normalized spacial score (nSPS) is 12.0. The first-order chi connectivity index (χ1) is 24.8. The SMILES string of the molecule is c1ccc2oc(-c3c(-c4cc5ccccc5s4)c(-c4cccc5oc6ccccc6c45)c4c(sc5ccccc54)c3-c3ccnnn3)cc2c1. The summed E-state index contributed by atoms with van der Waals surface area (Å²) in [4.78, 5) is 1.14. The van der Waals surface area contributed by atoms with Crippen molar-refractivity contribution in [2.24, 2.45) is 0 Å². The Bertz CT molecular complexity index is 3050. The second-order valence-electron chi connectivity index (χ2n) is 12.4. The second-order valence-corrected chi connectivity index (χ2v) is 14.5. The summed E-state index contributed by atoms with van der Waals surface area (Å²) in [6.45, 7) is 0. The molecule has 7 heteroatoms. The molecule has 0 amide bonds. The molecule has 5 aromatic heterocycles. The smallest absolute Gasteiger partial charge is 0.136 e. The van der Waals surface area contributed by atoms with E-state index in [1.54, 1.807) is 28.9 Å². The van der Waals surface area contributed by atoms with Crippen LogP contribution in [0.1, 0.15) is 0 Å². The zero-order valence-electron chi connectivity index (χ0n) is 26.3. The van der Waals surface area contributed by atoms with Gasteiger partial charge in [-0.25, -0.2) is 0 Å². The van der Waals surface area contributed by atoms with E-state index in [1.165, 1.54) is 25.6 Å². The summed E-state index contributed by atoms with van der Waals surface area (Å²) < 4.78 is 16.9. The van der Waals surface area contributed by atoms with Gasteiger partial charge in [-0.05, 0) is 64.7 Å². The van der Waals surface area contributed by atoms with Crippen molar-refractivity contribution in [3.63, 3.8) is 0 Å². The van der Waals surface area contributed by atoms with E-state index in [1.807, 2.05) is 30.3 Å². The third-order valence-electron chi connectivity index (χ3n) is 9.60. The Morgan fingerprint density at radius 3 is 2.10 bits per heavy atom. The number of aromatic nitrogens is 3. The third-order valence-corrected chi connectivity index (χ3v) is 11.9. The number of para-hydroxylation sites is 2. The van der Waals surface area contributed by atoms with Gasteiger partial charge in [0.05, 0.1) is 11.9 Å². The average Bonchev–Trinajstić information content (AvgIpc) is 3.96. The molecule has 0 radical (unpaired) electrons. The molecule has 0 unspecified atom stereocenters. The van der Waals surface area contributed by atoms with E-state index in [2.05, 4.69) is 119 Å². The van der Waals surface area contributed by atoms with Gasteiger partial charge in [0.25, 0.3) is 0 Å². The number of furan rings is 2. The van der Waals surface area contributed by atoms with E-state index in [0.717, 1.165) is 81.8 Å². The summed E-state index contributed by atoms with van der Waals surface area (Å²) in [6, 6.07) is 46.7. The molecule has 0 atom stereocenters. The van der Waals surface area contributed by atoms with Crippen molar-refractivity contribution in [1.82, 2.24) is 15.4 Å². The van der Waals surface area contributed by atoms with Crippen LogP contribution in [0, 0.1) is 0 Å². The summed E-state index contributed by atoms with van der Waals surface area (Å²) in [5.41, 5.74) is 8.60. The molecule has 0 saturated heterocycles. The molecule has 5 nitrogen and oxygen atoms in total. The van der Waals surface area contributed by atoms with Crippen LogP contribution >= 0.6 is 22.7 Å². The van der Waals surface area contributed by atoms with Crippen molar-refractivity contribution >= 4 is 85.8 Å². The molecule has 0 aliphatic heterocycles. The summed E-state index contributed by atoms with van der Waals surface area (Å²) in [6.07, 6.45) is 1.72. The fraction of sp³-hybridized carbons (Fsp3) is 0. The highest BCUT2D eigenvalue weighted by Gasteiger charge is 2.31. The van der Waals surface area contributed by atoms with Gasteiger partial charge in [-0.2, -0.15) is 0 Å².